The lowest BCUT2D eigenvalue weighted by Gasteiger charge is -2.36. The van der Waals surface area contributed by atoms with Crippen molar-refractivity contribution in [1.82, 2.24) is 15.1 Å². The molecule has 1 aliphatic rings. The van der Waals surface area contributed by atoms with Crippen molar-refractivity contribution in [2.45, 2.75) is 30.7 Å². The first-order valence-electron chi connectivity index (χ1n) is 11.0. The summed E-state index contributed by atoms with van der Waals surface area (Å²) in [6.45, 7) is 3.92. The summed E-state index contributed by atoms with van der Waals surface area (Å²) in [5.74, 6) is 0.862. The number of aromatic nitrogens is 2. The fourth-order valence-corrected chi connectivity index (χ4v) is 4.53. The normalized spacial score (nSPS) is 15.4. The summed E-state index contributed by atoms with van der Waals surface area (Å²) in [6.07, 6.45) is -3.76. The van der Waals surface area contributed by atoms with Gasteiger partial charge in [-0.1, -0.05) is 55.1 Å². The van der Waals surface area contributed by atoms with Crippen LogP contribution in [-0.2, 0) is 17.4 Å². The van der Waals surface area contributed by atoms with E-state index in [9.17, 15) is 18.0 Å². The Hall–Kier alpha value is -3.01. The van der Waals surface area contributed by atoms with E-state index in [-0.39, 0.29) is 17.6 Å². The van der Waals surface area contributed by atoms with Crippen LogP contribution in [0.4, 0.5) is 18.9 Å². The number of piperazine rings is 1. The van der Waals surface area contributed by atoms with Crippen LogP contribution in [0.25, 0.3) is 0 Å². The van der Waals surface area contributed by atoms with Crippen LogP contribution in [0.3, 0.4) is 0 Å². The van der Waals surface area contributed by atoms with Crippen LogP contribution in [-0.4, -0.2) is 52.9 Å². The molecule has 2 heterocycles. The van der Waals surface area contributed by atoms with Crippen LogP contribution < -0.4 is 4.90 Å². The lowest BCUT2D eigenvalue weighted by atomic mass is 9.98. The first-order valence-corrected chi connectivity index (χ1v) is 12.0. The number of hydrogen-bond acceptors (Lipinski definition) is 6. The second kappa shape index (κ2) is 10.5. The van der Waals surface area contributed by atoms with Gasteiger partial charge in [-0.15, -0.1) is 10.2 Å². The molecule has 180 valence electrons. The minimum absolute atomic E-state index is 0.0638. The minimum atomic E-state index is -4.38. The van der Waals surface area contributed by atoms with Crippen molar-refractivity contribution < 1.29 is 22.4 Å². The number of halogens is 3. The second-order valence-corrected chi connectivity index (χ2v) is 9.11. The summed E-state index contributed by atoms with van der Waals surface area (Å²) in [5.41, 5.74) is 1.03. The Kier molecular flexibility index (Phi) is 7.45. The highest BCUT2D eigenvalue weighted by atomic mass is 32.2. The molecule has 1 atom stereocenters. The van der Waals surface area contributed by atoms with Gasteiger partial charge in [-0.05, 0) is 29.7 Å². The van der Waals surface area contributed by atoms with Crippen molar-refractivity contribution >= 4 is 23.4 Å². The third-order valence-corrected chi connectivity index (χ3v) is 6.59. The molecule has 1 aliphatic heterocycles. The number of alkyl halides is 3. The predicted octanol–water partition coefficient (Wildman–Crippen LogP) is 4.88. The molecule has 3 aromatic rings. The van der Waals surface area contributed by atoms with E-state index >= 15 is 0 Å². The van der Waals surface area contributed by atoms with Gasteiger partial charge in [0.15, 0.2) is 0 Å². The quantitative estimate of drug-likeness (QED) is 0.440. The van der Waals surface area contributed by atoms with E-state index in [4.69, 9.17) is 4.42 Å². The van der Waals surface area contributed by atoms with Gasteiger partial charge in [-0.2, -0.15) is 13.2 Å². The molecule has 0 radical (unpaired) electrons. The van der Waals surface area contributed by atoms with E-state index < -0.39 is 11.7 Å². The SMILES string of the molecule is CC(Cc1nnc(SCC(=O)N2CCN(c3cccc(C(F)(F)F)c3)CC2)o1)c1ccccc1. The smallest absolute Gasteiger partial charge is 0.416 e. The Morgan fingerprint density at radius 1 is 1.06 bits per heavy atom. The Bertz CT molecular complexity index is 1100. The standard InChI is InChI=1S/C24H25F3N4O2S/c1-17(18-6-3-2-4-7-18)14-21-28-29-23(33-21)34-16-22(32)31-12-10-30(11-13-31)20-9-5-8-19(15-20)24(25,26)27/h2-9,15,17H,10-14,16H2,1H3. The highest BCUT2D eigenvalue weighted by Crippen LogP contribution is 2.32. The van der Waals surface area contributed by atoms with Crippen LogP contribution in [0.15, 0.2) is 64.2 Å². The van der Waals surface area contributed by atoms with Crippen molar-refractivity contribution in [3.05, 3.63) is 71.6 Å². The van der Waals surface area contributed by atoms with Crippen LogP contribution in [0.5, 0.6) is 0 Å². The molecule has 0 aliphatic carbocycles. The number of amides is 1. The van der Waals surface area contributed by atoms with E-state index in [1.165, 1.54) is 23.4 Å². The number of benzene rings is 2. The number of hydrogen-bond donors (Lipinski definition) is 0. The first kappa shape index (κ1) is 24.1. The number of thioether (sulfide) groups is 1. The van der Waals surface area contributed by atoms with Gasteiger partial charge in [0.1, 0.15) is 0 Å². The molecular formula is C24H25F3N4O2S. The van der Waals surface area contributed by atoms with Gasteiger partial charge >= 0.3 is 6.18 Å². The molecular weight excluding hydrogens is 465 g/mol. The van der Waals surface area contributed by atoms with Crippen molar-refractivity contribution in [3.63, 3.8) is 0 Å². The summed E-state index contributed by atoms with van der Waals surface area (Å²) in [5, 5.41) is 8.48. The summed E-state index contributed by atoms with van der Waals surface area (Å²) in [7, 11) is 0. The van der Waals surface area contributed by atoms with Crippen molar-refractivity contribution in [3.8, 4) is 0 Å². The first-order chi connectivity index (χ1) is 16.3. The molecule has 34 heavy (non-hydrogen) atoms. The number of rotatable bonds is 7. The van der Waals surface area contributed by atoms with Crippen molar-refractivity contribution in [2.75, 3.05) is 36.8 Å². The van der Waals surface area contributed by atoms with E-state index in [2.05, 4.69) is 29.3 Å². The Labute approximate surface area is 200 Å². The third kappa shape index (κ3) is 6.11. The minimum Gasteiger partial charge on any atom is -0.416 e. The molecule has 0 spiro atoms. The van der Waals surface area contributed by atoms with E-state index in [0.29, 0.717) is 49.4 Å². The molecule has 0 bridgehead atoms. The largest absolute Gasteiger partial charge is 0.416 e. The lowest BCUT2D eigenvalue weighted by Crippen LogP contribution is -2.49. The molecule has 6 nitrogen and oxygen atoms in total. The molecule has 1 amide bonds. The average molecular weight is 491 g/mol. The Morgan fingerprint density at radius 2 is 1.79 bits per heavy atom. The van der Waals surface area contributed by atoms with Gasteiger partial charge in [0.2, 0.25) is 11.8 Å². The maximum atomic E-state index is 13.0. The summed E-state index contributed by atoms with van der Waals surface area (Å²) in [4.78, 5) is 16.2. The molecule has 1 aromatic heterocycles. The third-order valence-electron chi connectivity index (χ3n) is 5.79. The second-order valence-electron chi connectivity index (χ2n) is 8.18. The molecule has 1 unspecified atom stereocenters. The number of anilines is 1. The van der Waals surface area contributed by atoms with Gasteiger partial charge in [0, 0.05) is 38.3 Å². The zero-order chi connectivity index (χ0) is 24.1. The number of nitrogens with zero attached hydrogens (tertiary/aromatic N) is 4. The van der Waals surface area contributed by atoms with E-state index in [1.54, 1.807) is 11.0 Å². The molecule has 4 rings (SSSR count). The lowest BCUT2D eigenvalue weighted by molar-refractivity contribution is -0.137. The molecule has 10 heteroatoms. The highest BCUT2D eigenvalue weighted by Gasteiger charge is 2.31. The summed E-state index contributed by atoms with van der Waals surface area (Å²) in [6, 6.07) is 15.4. The van der Waals surface area contributed by atoms with Gasteiger partial charge in [-0.3, -0.25) is 4.79 Å². The van der Waals surface area contributed by atoms with Crippen LogP contribution in [0, 0.1) is 0 Å². The van der Waals surface area contributed by atoms with Gasteiger partial charge in [0.05, 0.1) is 11.3 Å². The molecule has 1 fully saturated rings. The zero-order valence-corrected chi connectivity index (χ0v) is 19.5. The van der Waals surface area contributed by atoms with Crippen molar-refractivity contribution in [1.29, 1.82) is 0 Å². The summed E-state index contributed by atoms with van der Waals surface area (Å²) >= 11 is 1.20. The fourth-order valence-electron chi connectivity index (χ4n) is 3.85. The Morgan fingerprint density at radius 3 is 2.50 bits per heavy atom. The van der Waals surface area contributed by atoms with Gasteiger partial charge < -0.3 is 14.2 Å². The maximum absolute atomic E-state index is 13.0. The Balaban J connectivity index is 1.24. The topological polar surface area (TPSA) is 62.5 Å². The average Bonchev–Trinajstić information content (AvgIpc) is 3.30. The maximum Gasteiger partial charge on any atom is 0.416 e. The monoisotopic (exact) mass is 490 g/mol. The molecule has 1 saturated heterocycles. The summed E-state index contributed by atoms with van der Waals surface area (Å²) < 4.78 is 44.6. The van der Waals surface area contributed by atoms with Gasteiger partial charge in [0.25, 0.3) is 5.22 Å². The predicted molar refractivity (Wildman–Crippen MR) is 124 cm³/mol. The number of carbonyl (C=O) groups is 1. The number of carbonyl (C=O) groups excluding carboxylic acids is 1. The van der Waals surface area contributed by atoms with Crippen LogP contribution in [0.2, 0.25) is 0 Å². The fraction of sp³-hybridized carbons (Fsp3) is 0.375. The highest BCUT2D eigenvalue weighted by molar-refractivity contribution is 7.99. The van der Waals surface area contributed by atoms with Gasteiger partial charge in [-0.25, -0.2) is 0 Å². The molecule has 0 N–H and O–H groups in total. The zero-order valence-electron chi connectivity index (χ0n) is 18.7. The van der Waals surface area contributed by atoms with Crippen LogP contribution >= 0.6 is 11.8 Å². The molecule has 0 saturated carbocycles. The van der Waals surface area contributed by atoms with Crippen molar-refractivity contribution in [2.24, 2.45) is 0 Å². The molecule has 2 aromatic carbocycles. The van der Waals surface area contributed by atoms with E-state index in [0.717, 1.165) is 12.1 Å². The van der Waals surface area contributed by atoms with Crippen LogP contribution in [0.1, 0.15) is 29.9 Å². The van der Waals surface area contributed by atoms with E-state index in [1.807, 2.05) is 23.1 Å².